The summed E-state index contributed by atoms with van der Waals surface area (Å²) in [5.41, 5.74) is 3.54. The molecule has 1 aromatic heterocycles. The summed E-state index contributed by atoms with van der Waals surface area (Å²) in [6.45, 7) is 1.97. The standard InChI is InChI=1S/C23H26N4O4/c1-25-16-27(13-17-6-4-3-5-7-17)22(28)19-14-26(11-9-20(19)25)23(29)31-15-18-8-10-24-21(12-18)30-2/h3-8,10,12H,9,11,13-16H2,1-2H3. The molecule has 1 aromatic carbocycles. The molecule has 0 spiro atoms. The average molecular weight is 422 g/mol. The van der Waals surface area contributed by atoms with Gasteiger partial charge in [0.1, 0.15) is 6.61 Å². The number of carbonyl (C=O) groups is 2. The van der Waals surface area contributed by atoms with E-state index in [0.29, 0.717) is 37.6 Å². The zero-order chi connectivity index (χ0) is 21.8. The van der Waals surface area contributed by atoms with Crippen LogP contribution in [0.25, 0.3) is 0 Å². The van der Waals surface area contributed by atoms with Gasteiger partial charge >= 0.3 is 6.09 Å². The van der Waals surface area contributed by atoms with Crippen molar-refractivity contribution < 1.29 is 19.1 Å². The molecule has 0 radical (unpaired) electrons. The smallest absolute Gasteiger partial charge is 0.410 e. The number of rotatable bonds is 5. The van der Waals surface area contributed by atoms with Gasteiger partial charge in [-0.05, 0) is 17.2 Å². The third kappa shape index (κ3) is 4.63. The van der Waals surface area contributed by atoms with Gasteiger partial charge in [-0.15, -0.1) is 0 Å². The SMILES string of the molecule is COc1cc(COC(=O)N2CCC3=C(C2)C(=O)N(Cc2ccccc2)CN3C)ccn1. The van der Waals surface area contributed by atoms with Crippen LogP contribution in [0.3, 0.4) is 0 Å². The van der Waals surface area contributed by atoms with Crippen LogP contribution in [0.1, 0.15) is 17.5 Å². The highest BCUT2D eigenvalue weighted by Gasteiger charge is 2.35. The van der Waals surface area contributed by atoms with Crippen LogP contribution in [-0.4, -0.2) is 65.6 Å². The van der Waals surface area contributed by atoms with Crippen molar-refractivity contribution in [2.45, 2.75) is 19.6 Å². The molecule has 0 saturated carbocycles. The van der Waals surface area contributed by atoms with E-state index in [1.807, 2.05) is 42.3 Å². The van der Waals surface area contributed by atoms with Crippen LogP contribution in [0.5, 0.6) is 5.88 Å². The fourth-order valence-electron chi connectivity index (χ4n) is 3.93. The van der Waals surface area contributed by atoms with E-state index in [1.165, 1.54) is 7.11 Å². The molecule has 31 heavy (non-hydrogen) atoms. The number of pyridine rings is 1. The second-order valence-corrected chi connectivity index (χ2v) is 7.69. The minimum Gasteiger partial charge on any atom is -0.481 e. The Morgan fingerprint density at radius 3 is 2.74 bits per heavy atom. The first-order valence-electron chi connectivity index (χ1n) is 10.2. The van der Waals surface area contributed by atoms with Crippen molar-refractivity contribution in [1.29, 1.82) is 0 Å². The maximum atomic E-state index is 13.2. The lowest BCUT2D eigenvalue weighted by atomic mass is 10.0. The third-order valence-corrected chi connectivity index (χ3v) is 5.55. The summed E-state index contributed by atoms with van der Waals surface area (Å²) in [7, 11) is 3.53. The fraction of sp³-hybridized carbons (Fsp3) is 0.348. The molecule has 0 aliphatic carbocycles. The molecule has 2 aromatic rings. The lowest BCUT2D eigenvalue weighted by Gasteiger charge is -2.42. The first-order chi connectivity index (χ1) is 15.0. The molecule has 2 aliphatic heterocycles. The van der Waals surface area contributed by atoms with Gasteiger partial charge < -0.3 is 24.2 Å². The summed E-state index contributed by atoms with van der Waals surface area (Å²) in [5, 5.41) is 0. The second kappa shape index (κ2) is 9.07. The molecule has 0 bridgehead atoms. The molecular weight excluding hydrogens is 396 g/mol. The van der Waals surface area contributed by atoms with Crippen LogP contribution >= 0.6 is 0 Å². The molecule has 4 rings (SSSR count). The van der Waals surface area contributed by atoms with Crippen LogP contribution in [-0.2, 0) is 22.7 Å². The lowest BCUT2D eigenvalue weighted by Crippen LogP contribution is -2.51. The third-order valence-electron chi connectivity index (χ3n) is 5.55. The fourth-order valence-corrected chi connectivity index (χ4v) is 3.93. The van der Waals surface area contributed by atoms with E-state index in [-0.39, 0.29) is 19.1 Å². The number of ether oxygens (including phenoxy) is 2. The van der Waals surface area contributed by atoms with E-state index in [4.69, 9.17) is 9.47 Å². The van der Waals surface area contributed by atoms with Gasteiger partial charge in [-0.2, -0.15) is 0 Å². The quantitative estimate of drug-likeness (QED) is 0.737. The topological polar surface area (TPSA) is 75.2 Å². The number of aromatic nitrogens is 1. The number of hydrogen-bond donors (Lipinski definition) is 0. The summed E-state index contributed by atoms with van der Waals surface area (Å²) in [5.74, 6) is 0.448. The number of amides is 2. The molecule has 0 fully saturated rings. The Morgan fingerprint density at radius 1 is 1.16 bits per heavy atom. The molecule has 0 N–H and O–H groups in total. The molecule has 2 aliphatic rings. The Bertz CT molecular complexity index is 992. The molecule has 0 unspecified atom stereocenters. The maximum Gasteiger partial charge on any atom is 0.410 e. The van der Waals surface area contributed by atoms with Crippen molar-refractivity contribution in [2.75, 3.05) is 33.9 Å². The van der Waals surface area contributed by atoms with E-state index in [2.05, 4.69) is 9.88 Å². The van der Waals surface area contributed by atoms with E-state index >= 15 is 0 Å². The number of carbonyl (C=O) groups excluding carboxylic acids is 2. The van der Waals surface area contributed by atoms with Crippen LogP contribution in [0.2, 0.25) is 0 Å². The lowest BCUT2D eigenvalue weighted by molar-refractivity contribution is -0.131. The Kier molecular flexibility index (Phi) is 6.06. The number of nitrogens with zero attached hydrogens (tertiary/aromatic N) is 4. The second-order valence-electron chi connectivity index (χ2n) is 7.69. The molecule has 8 nitrogen and oxygen atoms in total. The van der Waals surface area contributed by atoms with Crippen molar-refractivity contribution in [1.82, 2.24) is 19.7 Å². The normalized spacial score (nSPS) is 16.3. The van der Waals surface area contributed by atoms with Gasteiger partial charge in [-0.3, -0.25) is 4.79 Å². The predicted octanol–water partition coefficient (Wildman–Crippen LogP) is 2.62. The summed E-state index contributed by atoms with van der Waals surface area (Å²) >= 11 is 0. The number of benzene rings is 1. The van der Waals surface area contributed by atoms with Gasteiger partial charge in [-0.1, -0.05) is 30.3 Å². The van der Waals surface area contributed by atoms with Gasteiger partial charge in [0.15, 0.2) is 0 Å². The van der Waals surface area contributed by atoms with Crippen LogP contribution in [0.15, 0.2) is 59.9 Å². The highest BCUT2D eigenvalue weighted by Crippen LogP contribution is 2.28. The van der Waals surface area contributed by atoms with E-state index < -0.39 is 6.09 Å². The molecular formula is C23H26N4O4. The Morgan fingerprint density at radius 2 is 1.97 bits per heavy atom. The minimum atomic E-state index is -0.432. The van der Waals surface area contributed by atoms with Gasteiger partial charge in [0.05, 0.1) is 25.9 Å². The average Bonchev–Trinajstić information content (AvgIpc) is 2.81. The molecule has 0 saturated heterocycles. The van der Waals surface area contributed by atoms with E-state index in [0.717, 1.165) is 16.8 Å². The maximum absolute atomic E-state index is 13.2. The Balaban J connectivity index is 1.41. The highest BCUT2D eigenvalue weighted by molar-refractivity contribution is 5.96. The summed E-state index contributed by atoms with van der Waals surface area (Å²) in [6, 6.07) is 13.4. The molecule has 3 heterocycles. The monoisotopic (exact) mass is 422 g/mol. The van der Waals surface area contributed by atoms with Crippen molar-refractivity contribution in [3.05, 3.63) is 71.1 Å². The summed E-state index contributed by atoms with van der Waals surface area (Å²) in [4.78, 5) is 35.4. The van der Waals surface area contributed by atoms with Crippen molar-refractivity contribution in [3.63, 3.8) is 0 Å². The highest BCUT2D eigenvalue weighted by atomic mass is 16.6. The van der Waals surface area contributed by atoms with Crippen LogP contribution in [0, 0.1) is 0 Å². The Labute approximate surface area is 181 Å². The summed E-state index contributed by atoms with van der Waals surface area (Å²) < 4.78 is 10.6. The summed E-state index contributed by atoms with van der Waals surface area (Å²) in [6.07, 6.45) is 1.81. The van der Waals surface area contributed by atoms with Gasteiger partial charge in [0.25, 0.3) is 5.91 Å². The minimum absolute atomic E-state index is 0.0201. The zero-order valence-corrected chi connectivity index (χ0v) is 17.8. The van der Waals surface area contributed by atoms with E-state index in [1.54, 1.807) is 23.2 Å². The van der Waals surface area contributed by atoms with Crippen LogP contribution < -0.4 is 4.74 Å². The largest absolute Gasteiger partial charge is 0.481 e. The van der Waals surface area contributed by atoms with Gasteiger partial charge in [0.2, 0.25) is 5.88 Å². The van der Waals surface area contributed by atoms with Crippen molar-refractivity contribution in [3.8, 4) is 5.88 Å². The van der Waals surface area contributed by atoms with Crippen LogP contribution in [0.4, 0.5) is 4.79 Å². The Hall–Kier alpha value is -3.55. The molecule has 2 amide bonds. The number of hydrogen-bond acceptors (Lipinski definition) is 6. The predicted molar refractivity (Wildman–Crippen MR) is 114 cm³/mol. The molecule has 162 valence electrons. The molecule has 0 atom stereocenters. The first kappa shape index (κ1) is 20.7. The van der Waals surface area contributed by atoms with E-state index in [9.17, 15) is 9.59 Å². The van der Waals surface area contributed by atoms with Crippen molar-refractivity contribution >= 4 is 12.0 Å². The van der Waals surface area contributed by atoms with Gasteiger partial charge in [-0.25, -0.2) is 9.78 Å². The molecule has 8 heteroatoms. The van der Waals surface area contributed by atoms with Crippen molar-refractivity contribution in [2.24, 2.45) is 0 Å². The van der Waals surface area contributed by atoms with Gasteiger partial charge in [0, 0.05) is 44.5 Å². The first-order valence-corrected chi connectivity index (χ1v) is 10.2. The zero-order valence-electron chi connectivity index (χ0n) is 17.8. The number of methoxy groups -OCH3 is 1.